The second-order valence-electron chi connectivity index (χ2n) is 4.58. The number of nitrogens with one attached hydrogen (secondary N) is 1. The van der Waals surface area contributed by atoms with E-state index in [9.17, 15) is 18.0 Å². The first-order valence-corrected chi connectivity index (χ1v) is 7.20. The van der Waals surface area contributed by atoms with Crippen LogP contribution in [-0.2, 0) is 24.3 Å². The Balaban J connectivity index is 2.52. The summed E-state index contributed by atoms with van der Waals surface area (Å²) in [6, 6.07) is 0. The number of ether oxygens (including phenoxy) is 1. The molecule has 0 aromatic heterocycles. The summed E-state index contributed by atoms with van der Waals surface area (Å²) in [5, 5.41) is 8.78. The van der Waals surface area contributed by atoms with Crippen LogP contribution in [0.5, 0.6) is 0 Å². The number of methoxy groups -OCH3 is 1. The number of carboxylic acids is 1. The minimum atomic E-state index is -3.76. The molecule has 1 aliphatic rings. The molecular formula is C10H17NO6S. The van der Waals surface area contributed by atoms with Crippen molar-refractivity contribution in [1.29, 1.82) is 0 Å². The molecule has 0 radical (unpaired) electrons. The molecule has 1 saturated carbocycles. The molecule has 8 heteroatoms. The lowest BCUT2D eigenvalue weighted by molar-refractivity contribution is -0.141. The van der Waals surface area contributed by atoms with E-state index in [0.29, 0.717) is 12.8 Å². The highest BCUT2D eigenvalue weighted by Crippen LogP contribution is 2.43. The summed E-state index contributed by atoms with van der Waals surface area (Å²) in [5.74, 6) is -2.53. The van der Waals surface area contributed by atoms with Gasteiger partial charge in [0.05, 0.1) is 13.5 Å². The van der Waals surface area contributed by atoms with E-state index in [0.717, 1.165) is 13.5 Å². The Morgan fingerprint density at radius 1 is 1.39 bits per heavy atom. The van der Waals surface area contributed by atoms with E-state index in [4.69, 9.17) is 5.11 Å². The number of rotatable bonds is 7. The molecule has 0 heterocycles. The Bertz CT molecular complexity index is 426. The third-order valence-electron chi connectivity index (χ3n) is 3.14. The number of hydrogen-bond acceptors (Lipinski definition) is 5. The lowest BCUT2D eigenvalue weighted by Crippen LogP contribution is -2.44. The van der Waals surface area contributed by atoms with Crippen molar-refractivity contribution in [2.45, 2.75) is 25.7 Å². The largest absolute Gasteiger partial charge is 0.481 e. The second-order valence-corrected chi connectivity index (χ2v) is 6.39. The van der Waals surface area contributed by atoms with Crippen molar-refractivity contribution < 1.29 is 27.9 Å². The molecule has 104 valence electrons. The first kappa shape index (κ1) is 14.9. The normalized spacial score (nSPS) is 17.8. The molecule has 1 aliphatic carbocycles. The smallest absolute Gasteiger partial charge is 0.322 e. The molecule has 0 unspecified atom stereocenters. The van der Waals surface area contributed by atoms with Gasteiger partial charge in [0.1, 0.15) is 0 Å². The average Bonchev–Trinajstić information content (AvgIpc) is 2.20. The first-order chi connectivity index (χ1) is 8.29. The summed E-state index contributed by atoms with van der Waals surface area (Å²) in [4.78, 5) is 21.6. The molecule has 0 aromatic rings. The molecule has 0 aromatic carbocycles. The summed E-state index contributed by atoms with van der Waals surface area (Å²) in [7, 11) is -2.65. The fourth-order valence-corrected chi connectivity index (χ4v) is 3.00. The van der Waals surface area contributed by atoms with Crippen molar-refractivity contribution in [2.75, 3.05) is 19.4 Å². The molecule has 18 heavy (non-hydrogen) atoms. The predicted octanol–water partition coefficient (Wildman–Crippen LogP) is -0.276. The third-order valence-corrected chi connectivity index (χ3v) is 4.34. The van der Waals surface area contributed by atoms with Crippen LogP contribution >= 0.6 is 0 Å². The molecule has 2 N–H and O–H groups in total. The summed E-state index contributed by atoms with van der Waals surface area (Å²) in [5.41, 5.74) is -0.505. The summed E-state index contributed by atoms with van der Waals surface area (Å²) >= 11 is 0. The summed E-state index contributed by atoms with van der Waals surface area (Å²) in [6.45, 7) is 0.0542. The maximum absolute atomic E-state index is 11.5. The fourth-order valence-electron chi connectivity index (χ4n) is 1.94. The number of sulfonamides is 1. The van der Waals surface area contributed by atoms with E-state index in [1.165, 1.54) is 0 Å². The molecule has 0 aliphatic heterocycles. The minimum Gasteiger partial charge on any atom is -0.481 e. The standard InChI is InChI=1S/C10H17NO6S/c1-17-9(14)6-18(15,16)11-7-10(3-2-4-10)5-8(12)13/h11H,2-7H2,1H3,(H,12,13). The quantitative estimate of drug-likeness (QED) is 0.620. The van der Waals surface area contributed by atoms with Crippen LogP contribution in [0, 0.1) is 5.41 Å². The van der Waals surface area contributed by atoms with Crippen LogP contribution in [-0.4, -0.2) is 44.9 Å². The highest BCUT2D eigenvalue weighted by atomic mass is 32.2. The second kappa shape index (κ2) is 5.66. The molecule has 0 bridgehead atoms. The van der Waals surface area contributed by atoms with E-state index in [1.807, 2.05) is 0 Å². The Morgan fingerprint density at radius 3 is 2.39 bits per heavy atom. The number of carbonyl (C=O) groups is 2. The van der Waals surface area contributed by atoms with Gasteiger partial charge in [0.15, 0.2) is 5.75 Å². The van der Waals surface area contributed by atoms with Crippen LogP contribution < -0.4 is 4.72 Å². The van der Waals surface area contributed by atoms with Crippen molar-refractivity contribution in [2.24, 2.45) is 5.41 Å². The molecule has 1 rings (SSSR count). The zero-order valence-corrected chi connectivity index (χ0v) is 11.0. The van der Waals surface area contributed by atoms with Crippen LogP contribution in [0.1, 0.15) is 25.7 Å². The number of hydrogen-bond donors (Lipinski definition) is 2. The van der Waals surface area contributed by atoms with E-state index in [-0.39, 0.29) is 13.0 Å². The van der Waals surface area contributed by atoms with Gasteiger partial charge in [-0.05, 0) is 18.3 Å². The fraction of sp³-hybridized carbons (Fsp3) is 0.800. The van der Waals surface area contributed by atoms with Gasteiger partial charge >= 0.3 is 11.9 Å². The van der Waals surface area contributed by atoms with Gasteiger partial charge in [0.25, 0.3) is 0 Å². The molecular weight excluding hydrogens is 262 g/mol. The molecule has 0 amide bonds. The van der Waals surface area contributed by atoms with Crippen molar-refractivity contribution in [3.63, 3.8) is 0 Å². The molecule has 1 fully saturated rings. The average molecular weight is 279 g/mol. The van der Waals surface area contributed by atoms with Gasteiger partial charge in [0.2, 0.25) is 10.0 Å². The molecule has 0 spiro atoms. The zero-order chi connectivity index (χ0) is 13.8. The van der Waals surface area contributed by atoms with E-state index in [1.54, 1.807) is 0 Å². The minimum absolute atomic E-state index is 0.0542. The van der Waals surface area contributed by atoms with Crippen molar-refractivity contribution in [1.82, 2.24) is 4.72 Å². The Morgan fingerprint density at radius 2 is 2.00 bits per heavy atom. The molecule has 7 nitrogen and oxygen atoms in total. The number of carboxylic acid groups (broad SMARTS) is 1. The number of esters is 1. The molecule has 0 atom stereocenters. The van der Waals surface area contributed by atoms with E-state index in [2.05, 4.69) is 9.46 Å². The predicted molar refractivity (Wildman–Crippen MR) is 62.3 cm³/mol. The van der Waals surface area contributed by atoms with Gasteiger partial charge in [0, 0.05) is 6.54 Å². The lowest BCUT2D eigenvalue weighted by atomic mass is 9.67. The van der Waals surface area contributed by atoms with Gasteiger partial charge in [-0.2, -0.15) is 0 Å². The zero-order valence-electron chi connectivity index (χ0n) is 10.1. The molecule has 0 saturated heterocycles. The lowest BCUT2D eigenvalue weighted by Gasteiger charge is -2.40. The van der Waals surface area contributed by atoms with Crippen LogP contribution in [0.4, 0.5) is 0 Å². The van der Waals surface area contributed by atoms with Gasteiger partial charge < -0.3 is 9.84 Å². The van der Waals surface area contributed by atoms with E-state index >= 15 is 0 Å². The van der Waals surface area contributed by atoms with Crippen molar-refractivity contribution in [3.8, 4) is 0 Å². The Hall–Kier alpha value is -1.15. The van der Waals surface area contributed by atoms with Gasteiger partial charge in [-0.15, -0.1) is 0 Å². The van der Waals surface area contributed by atoms with Gasteiger partial charge in [-0.25, -0.2) is 13.1 Å². The highest BCUT2D eigenvalue weighted by molar-refractivity contribution is 7.90. The maximum Gasteiger partial charge on any atom is 0.322 e. The Kier molecular flexibility index (Phi) is 4.69. The monoisotopic (exact) mass is 279 g/mol. The van der Waals surface area contributed by atoms with Crippen LogP contribution in [0.2, 0.25) is 0 Å². The maximum atomic E-state index is 11.5. The number of carbonyl (C=O) groups excluding carboxylic acids is 1. The van der Waals surface area contributed by atoms with Gasteiger partial charge in [-0.1, -0.05) is 6.42 Å². The summed E-state index contributed by atoms with van der Waals surface area (Å²) < 4.78 is 29.6. The van der Waals surface area contributed by atoms with Gasteiger partial charge in [-0.3, -0.25) is 9.59 Å². The van der Waals surface area contributed by atoms with Crippen LogP contribution in [0.25, 0.3) is 0 Å². The van der Waals surface area contributed by atoms with E-state index < -0.39 is 33.1 Å². The summed E-state index contributed by atoms with van der Waals surface area (Å²) in [6.07, 6.45) is 2.19. The van der Waals surface area contributed by atoms with Crippen molar-refractivity contribution >= 4 is 22.0 Å². The first-order valence-electron chi connectivity index (χ1n) is 5.55. The topological polar surface area (TPSA) is 110 Å². The van der Waals surface area contributed by atoms with Crippen molar-refractivity contribution in [3.05, 3.63) is 0 Å². The van der Waals surface area contributed by atoms with Crippen LogP contribution in [0.15, 0.2) is 0 Å². The highest BCUT2D eigenvalue weighted by Gasteiger charge is 2.39. The third kappa shape index (κ3) is 4.26. The SMILES string of the molecule is COC(=O)CS(=O)(=O)NCC1(CC(=O)O)CCC1. The van der Waals surface area contributed by atoms with Crippen LogP contribution in [0.3, 0.4) is 0 Å². The Labute approximate surface area is 106 Å². The number of aliphatic carboxylic acids is 1.